The smallest absolute Gasteiger partial charge is 0.226 e. The topological polar surface area (TPSA) is 20.3 Å². The molecule has 1 amide bonds. The molecule has 0 N–H and O–H groups in total. The van der Waals surface area contributed by atoms with Gasteiger partial charge in [0, 0.05) is 21.7 Å². The maximum Gasteiger partial charge on any atom is 0.226 e. The predicted molar refractivity (Wildman–Crippen MR) is 123 cm³/mol. The van der Waals surface area contributed by atoms with Crippen molar-refractivity contribution in [2.24, 2.45) is 11.3 Å². The molecule has 2 atom stereocenters. The summed E-state index contributed by atoms with van der Waals surface area (Å²) >= 11 is 4.61. The van der Waals surface area contributed by atoms with E-state index in [9.17, 15) is 4.79 Å². The molecule has 0 aliphatic heterocycles. The van der Waals surface area contributed by atoms with E-state index in [0.717, 1.165) is 32.1 Å². The molecule has 0 aliphatic carbocycles. The Labute approximate surface area is 173 Å². The third-order valence-electron chi connectivity index (χ3n) is 7.21. The quantitative estimate of drug-likeness (QED) is 0.287. The maximum atomic E-state index is 13.4. The van der Waals surface area contributed by atoms with E-state index < -0.39 is 0 Å². The summed E-state index contributed by atoms with van der Waals surface area (Å²) in [5, 5.41) is 0. The summed E-state index contributed by atoms with van der Waals surface area (Å²) in [5.41, 5.74) is -0.235. The summed E-state index contributed by atoms with van der Waals surface area (Å²) in [7, 11) is 1.67. The van der Waals surface area contributed by atoms with Gasteiger partial charge in [-0.05, 0) is 58.3 Å². The molecule has 0 spiro atoms. The fourth-order valence-electron chi connectivity index (χ4n) is 4.18. The van der Waals surface area contributed by atoms with Gasteiger partial charge in [-0.25, -0.2) is 0 Å². The van der Waals surface area contributed by atoms with Crippen LogP contribution in [0.4, 0.5) is 0 Å². The Hall–Kier alpha value is 0.170. The van der Waals surface area contributed by atoms with E-state index in [1.165, 1.54) is 0 Å². The highest BCUT2D eigenvalue weighted by atomic mass is 33.1. The molecule has 156 valence electrons. The average Bonchev–Trinajstić information content (AvgIpc) is 2.59. The number of hydrogen-bond donors (Lipinski definition) is 1. The third kappa shape index (κ3) is 5.16. The lowest BCUT2D eigenvalue weighted by atomic mass is 9.67. The van der Waals surface area contributed by atoms with Gasteiger partial charge in [-0.3, -0.25) is 4.79 Å². The Kier molecular flexibility index (Phi) is 9.65. The monoisotopic (exact) mass is 403 g/mol. The van der Waals surface area contributed by atoms with Crippen molar-refractivity contribution in [3.05, 3.63) is 0 Å². The van der Waals surface area contributed by atoms with Gasteiger partial charge in [0.15, 0.2) is 0 Å². The highest BCUT2D eigenvalue weighted by Gasteiger charge is 2.50. The minimum atomic E-state index is -0.175. The molecule has 0 saturated heterocycles. The molecule has 0 heterocycles. The van der Waals surface area contributed by atoms with Gasteiger partial charge in [-0.2, -0.15) is 0 Å². The number of carbonyl (C=O) groups excluding carboxylic acids is 1. The Morgan fingerprint density at radius 2 is 1.31 bits per heavy atom. The summed E-state index contributed by atoms with van der Waals surface area (Å²) in [4.78, 5) is 15.7. The molecule has 0 bridgehead atoms. The second-order valence-electron chi connectivity index (χ2n) is 9.62. The highest BCUT2D eigenvalue weighted by Crippen LogP contribution is 2.52. The normalized spacial score (nSPS) is 17.7. The fourth-order valence-corrected chi connectivity index (χ4v) is 5.75. The number of amides is 1. The van der Waals surface area contributed by atoms with Crippen molar-refractivity contribution in [3.8, 4) is 0 Å². The third-order valence-corrected chi connectivity index (χ3v) is 9.66. The van der Waals surface area contributed by atoms with Crippen molar-refractivity contribution in [3.63, 3.8) is 0 Å². The number of thiol groups is 1. The first-order chi connectivity index (χ1) is 11.7. The maximum absolute atomic E-state index is 13.4. The first-order valence-electron chi connectivity index (χ1n) is 10.4. The average molecular weight is 404 g/mol. The van der Waals surface area contributed by atoms with Crippen LogP contribution in [0.1, 0.15) is 108 Å². The number of carbonyl (C=O) groups is 1. The van der Waals surface area contributed by atoms with Crippen LogP contribution in [-0.4, -0.2) is 26.6 Å². The Bertz CT molecular complexity index is 453. The standard InChI is InChI=1S/C22H45NOS2/c1-12-20(9,13-2)23(18(24)17(5)6)21(10,14-3)16-19(7,8)22(11,15-4)26-25/h17,25H,12-16H2,1-11H3. The van der Waals surface area contributed by atoms with Crippen LogP contribution in [-0.2, 0) is 4.79 Å². The van der Waals surface area contributed by atoms with Crippen molar-refractivity contribution < 1.29 is 4.79 Å². The van der Waals surface area contributed by atoms with E-state index in [-0.39, 0.29) is 33.1 Å². The van der Waals surface area contributed by atoms with Gasteiger partial charge in [0.2, 0.25) is 5.91 Å². The molecule has 0 rings (SSSR count). The molecule has 26 heavy (non-hydrogen) atoms. The zero-order valence-electron chi connectivity index (χ0n) is 19.3. The van der Waals surface area contributed by atoms with Crippen molar-refractivity contribution >= 4 is 28.4 Å². The summed E-state index contributed by atoms with van der Waals surface area (Å²) in [6.45, 7) is 24.5. The Balaban J connectivity index is 6.27. The first-order valence-corrected chi connectivity index (χ1v) is 12.3. The van der Waals surface area contributed by atoms with Crippen LogP contribution < -0.4 is 0 Å². The molecule has 0 radical (unpaired) electrons. The van der Waals surface area contributed by atoms with Crippen LogP contribution in [0.3, 0.4) is 0 Å². The van der Waals surface area contributed by atoms with Gasteiger partial charge >= 0.3 is 0 Å². The number of rotatable bonds is 11. The minimum Gasteiger partial charge on any atom is -0.332 e. The lowest BCUT2D eigenvalue weighted by Gasteiger charge is -2.56. The van der Waals surface area contributed by atoms with Crippen molar-refractivity contribution in [1.29, 1.82) is 0 Å². The summed E-state index contributed by atoms with van der Waals surface area (Å²) in [6.07, 6.45) is 4.95. The number of nitrogens with zero attached hydrogens (tertiary/aromatic N) is 1. The van der Waals surface area contributed by atoms with E-state index in [1.54, 1.807) is 10.8 Å². The molecule has 0 saturated carbocycles. The second kappa shape index (κ2) is 9.58. The van der Waals surface area contributed by atoms with Gasteiger partial charge in [0.05, 0.1) is 0 Å². The Morgan fingerprint density at radius 1 is 0.885 bits per heavy atom. The predicted octanol–water partition coefficient (Wildman–Crippen LogP) is 7.38. The zero-order chi connectivity index (χ0) is 21.0. The van der Waals surface area contributed by atoms with Crippen molar-refractivity contribution in [1.82, 2.24) is 4.90 Å². The SMILES string of the molecule is CCC(C)(CC)N(C(=O)C(C)C)C(C)(CC)CC(C)(C)C(C)(CC)SS. The van der Waals surface area contributed by atoms with Crippen LogP contribution >= 0.6 is 22.5 Å². The van der Waals surface area contributed by atoms with E-state index in [4.69, 9.17) is 0 Å². The van der Waals surface area contributed by atoms with Crippen molar-refractivity contribution in [2.75, 3.05) is 0 Å². The van der Waals surface area contributed by atoms with Crippen LogP contribution in [0.5, 0.6) is 0 Å². The molecule has 2 unspecified atom stereocenters. The van der Waals surface area contributed by atoms with Gasteiger partial charge in [0.25, 0.3) is 0 Å². The molecule has 2 nitrogen and oxygen atoms in total. The molecule has 0 aromatic carbocycles. The number of hydrogen-bond acceptors (Lipinski definition) is 3. The molecule has 0 fully saturated rings. The first kappa shape index (κ1) is 26.2. The van der Waals surface area contributed by atoms with Crippen molar-refractivity contribution in [2.45, 2.75) is 124 Å². The van der Waals surface area contributed by atoms with E-state index in [0.29, 0.717) is 0 Å². The van der Waals surface area contributed by atoms with Crippen LogP contribution in [0.15, 0.2) is 0 Å². The summed E-state index contributed by atoms with van der Waals surface area (Å²) in [5.74, 6) is 0.298. The second-order valence-corrected chi connectivity index (χ2v) is 11.3. The molecule has 0 aromatic rings. The van der Waals surface area contributed by atoms with Crippen LogP contribution in [0.25, 0.3) is 0 Å². The molecular formula is C22H45NOS2. The summed E-state index contributed by atoms with van der Waals surface area (Å²) < 4.78 is 0.0634. The Morgan fingerprint density at radius 3 is 1.58 bits per heavy atom. The van der Waals surface area contributed by atoms with E-state index >= 15 is 0 Å². The largest absolute Gasteiger partial charge is 0.332 e. The lowest BCUT2D eigenvalue weighted by molar-refractivity contribution is -0.153. The van der Waals surface area contributed by atoms with Crippen LogP contribution in [0, 0.1) is 11.3 Å². The van der Waals surface area contributed by atoms with Gasteiger partial charge in [0.1, 0.15) is 0 Å². The molecular weight excluding hydrogens is 358 g/mol. The van der Waals surface area contributed by atoms with Gasteiger partial charge in [-0.15, -0.1) is 11.7 Å². The fraction of sp³-hybridized carbons (Fsp3) is 0.955. The minimum absolute atomic E-state index is 0.0122. The lowest BCUT2D eigenvalue weighted by Crippen LogP contribution is -2.63. The molecule has 0 aliphatic rings. The van der Waals surface area contributed by atoms with E-state index in [1.807, 2.05) is 13.8 Å². The highest BCUT2D eigenvalue weighted by molar-refractivity contribution is 8.69. The van der Waals surface area contributed by atoms with Crippen LogP contribution in [0.2, 0.25) is 0 Å². The zero-order valence-corrected chi connectivity index (χ0v) is 21.0. The molecule has 4 heteroatoms. The van der Waals surface area contributed by atoms with E-state index in [2.05, 4.69) is 78.9 Å². The molecule has 0 aromatic heterocycles. The van der Waals surface area contributed by atoms with Gasteiger partial charge in [-0.1, -0.05) is 66.2 Å². The summed E-state index contributed by atoms with van der Waals surface area (Å²) in [6, 6.07) is 0. The van der Waals surface area contributed by atoms with Gasteiger partial charge < -0.3 is 4.90 Å².